The lowest BCUT2D eigenvalue weighted by atomic mass is 9.85. The second kappa shape index (κ2) is 7.23. The van der Waals surface area contributed by atoms with E-state index in [0.717, 1.165) is 12.6 Å². The fraction of sp³-hybridized carbons (Fsp3) is 0.500. The van der Waals surface area contributed by atoms with Crippen LogP contribution >= 0.6 is 0 Å². The number of rotatable bonds is 5. The maximum absolute atomic E-state index is 13.2. The Kier molecular flexibility index (Phi) is 5.89. The van der Waals surface area contributed by atoms with Crippen LogP contribution in [-0.2, 0) is 0 Å². The van der Waals surface area contributed by atoms with E-state index in [1.54, 1.807) is 6.07 Å². The molecule has 2 amide bonds. The minimum absolute atomic E-state index is 0.0641. The molecular formula is C16H23FN4O. The van der Waals surface area contributed by atoms with Crippen molar-refractivity contribution in [3.8, 4) is 6.07 Å². The highest BCUT2D eigenvalue weighted by atomic mass is 19.1. The Balaban J connectivity index is 2.69. The maximum atomic E-state index is 13.2. The third-order valence-corrected chi connectivity index (χ3v) is 3.59. The number of halogens is 1. The molecule has 5 nitrogen and oxygen atoms in total. The van der Waals surface area contributed by atoms with Crippen LogP contribution in [0.1, 0.15) is 26.3 Å². The largest absolute Gasteiger partial charge is 0.335 e. The van der Waals surface area contributed by atoms with Crippen LogP contribution < -0.4 is 10.6 Å². The van der Waals surface area contributed by atoms with Crippen LogP contribution in [0.3, 0.4) is 0 Å². The molecule has 0 radical (unpaired) electrons. The molecular weight excluding hydrogens is 283 g/mol. The normalized spacial score (nSPS) is 12.6. The summed E-state index contributed by atoms with van der Waals surface area (Å²) in [6.07, 6.45) is 0. The Morgan fingerprint density at radius 2 is 2.09 bits per heavy atom. The summed E-state index contributed by atoms with van der Waals surface area (Å²) in [6.45, 7) is 6.91. The van der Waals surface area contributed by atoms with Crippen LogP contribution in [0, 0.1) is 22.6 Å². The molecule has 0 aliphatic carbocycles. The summed E-state index contributed by atoms with van der Waals surface area (Å²) < 4.78 is 13.2. The molecule has 0 saturated carbocycles. The molecule has 120 valence electrons. The van der Waals surface area contributed by atoms with Gasteiger partial charge in [-0.25, -0.2) is 9.18 Å². The molecule has 0 saturated heterocycles. The van der Waals surface area contributed by atoms with Crippen molar-refractivity contribution >= 4 is 11.7 Å². The highest BCUT2D eigenvalue weighted by molar-refractivity contribution is 5.89. The first-order valence-electron chi connectivity index (χ1n) is 7.07. The zero-order chi connectivity index (χ0) is 16.9. The van der Waals surface area contributed by atoms with Gasteiger partial charge in [0.15, 0.2) is 0 Å². The number of hydrogen-bond donors (Lipinski definition) is 2. The minimum atomic E-state index is -0.603. The van der Waals surface area contributed by atoms with Crippen molar-refractivity contribution in [3.63, 3.8) is 0 Å². The lowest BCUT2D eigenvalue weighted by Gasteiger charge is -2.34. The second-order valence-corrected chi connectivity index (χ2v) is 6.35. The first kappa shape index (κ1) is 17.9. The predicted octanol–water partition coefficient (Wildman–Crippen LogP) is 2.80. The van der Waals surface area contributed by atoms with Gasteiger partial charge < -0.3 is 15.5 Å². The maximum Gasteiger partial charge on any atom is 0.319 e. The molecule has 0 aromatic heterocycles. The first-order valence-corrected chi connectivity index (χ1v) is 7.07. The molecule has 22 heavy (non-hydrogen) atoms. The van der Waals surface area contributed by atoms with E-state index in [4.69, 9.17) is 5.26 Å². The number of nitriles is 1. The van der Waals surface area contributed by atoms with Crippen molar-refractivity contribution < 1.29 is 9.18 Å². The first-order chi connectivity index (χ1) is 10.2. The average Bonchev–Trinajstić information content (AvgIpc) is 2.39. The van der Waals surface area contributed by atoms with Crippen LogP contribution in [-0.4, -0.2) is 37.6 Å². The molecule has 6 heteroatoms. The van der Waals surface area contributed by atoms with E-state index >= 15 is 0 Å². The standard InChI is InChI=1S/C16H23FN4O/c1-11(16(2,3)10-21(4)5)19-15(22)20-13-6-7-14(17)12(8-13)9-18/h6-8,11H,10H2,1-5H3,(H2,19,20,22)/t11-/m0/s1. The van der Waals surface area contributed by atoms with Crippen molar-refractivity contribution in [2.45, 2.75) is 26.8 Å². The van der Waals surface area contributed by atoms with E-state index in [0.29, 0.717) is 5.69 Å². The molecule has 0 bridgehead atoms. The predicted molar refractivity (Wildman–Crippen MR) is 85.1 cm³/mol. The number of nitrogens with one attached hydrogen (secondary N) is 2. The molecule has 0 aliphatic heterocycles. The number of urea groups is 1. The van der Waals surface area contributed by atoms with Gasteiger partial charge in [-0.15, -0.1) is 0 Å². The molecule has 1 atom stereocenters. The third kappa shape index (κ3) is 5.01. The van der Waals surface area contributed by atoms with Crippen molar-refractivity contribution in [1.82, 2.24) is 10.2 Å². The smallest absolute Gasteiger partial charge is 0.319 e. The van der Waals surface area contributed by atoms with Gasteiger partial charge in [-0.3, -0.25) is 0 Å². The van der Waals surface area contributed by atoms with Gasteiger partial charge >= 0.3 is 6.03 Å². The van der Waals surface area contributed by atoms with Crippen LogP contribution in [0.15, 0.2) is 18.2 Å². The highest BCUT2D eigenvalue weighted by Gasteiger charge is 2.27. The van der Waals surface area contributed by atoms with Crippen LogP contribution in [0.4, 0.5) is 14.9 Å². The summed E-state index contributed by atoms with van der Waals surface area (Å²) >= 11 is 0. The summed E-state index contributed by atoms with van der Waals surface area (Å²) in [5.41, 5.74) is 0.174. The van der Waals surface area contributed by atoms with E-state index < -0.39 is 5.82 Å². The highest BCUT2D eigenvalue weighted by Crippen LogP contribution is 2.21. The number of hydrogen-bond acceptors (Lipinski definition) is 3. The number of benzene rings is 1. The van der Waals surface area contributed by atoms with Crippen molar-refractivity contribution in [2.24, 2.45) is 5.41 Å². The van der Waals surface area contributed by atoms with Gasteiger partial charge in [0.25, 0.3) is 0 Å². The average molecular weight is 306 g/mol. The molecule has 1 rings (SSSR count). The molecule has 1 aromatic carbocycles. The van der Waals surface area contributed by atoms with E-state index in [9.17, 15) is 9.18 Å². The number of anilines is 1. The lowest BCUT2D eigenvalue weighted by Crippen LogP contribution is -2.48. The summed E-state index contributed by atoms with van der Waals surface area (Å²) in [5, 5.41) is 14.3. The van der Waals surface area contributed by atoms with E-state index in [2.05, 4.69) is 29.4 Å². The monoisotopic (exact) mass is 306 g/mol. The molecule has 0 unspecified atom stereocenters. The van der Waals surface area contributed by atoms with Crippen LogP contribution in [0.2, 0.25) is 0 Å². The Labute approximate surface area is 131 Å². The van der Waals surface area contributed by atoms with E-state index in [1.807, 2.05) is 21.0 Å². The number of carbonyl (C=O) groups excluding carboxylic acids is 1. The van der Waals surface area contributed by atoms with E-state index in [1.165, 1.54) is 12.1 Å². The van der Waals surface area contributed by atoms with Gasteiger partial charge in [0.2, 0.25) is 0 Å². The number of carbonyl (C=O) groups is 1. The summed E-state index contributed by atoms with van der Waals surface area (Å²) in [5.74, 6) is -0.603. The topological polar surface area (TPSA) is 68.2 Å². The molecule has 0 spiro atoms. The molecule has 0 fully saturated rings. The molecule has 2 N–H and O–H groups in total. The van der Waals surface area contributed by atoms with Gasteiger partial charge in [-0.05, 0) is 44.6 Å². The van der Waals surface area contributed by atoms with Gasteiger partial charge in [0, 0.05) is 18.3 Å². The van der Waals surface area contributed by atoms with Crippen LogP contribution in [0.25, 0.3) is 0 Å². The van der Waals surface area contributed by atoms with Crippen molar-refractivity contribution in [3.05, 3.63) is 29.6 Å². The minimum Gasteiger partial charge on any atom is -0.335 e. The number of amides is 2. The number of nitrogens with zero attached hydrogens (tertiary/aromatic N) is 2. The zero-order valence-corrected chi connectivity index (χ0v) is 13.7. The van der Waals surface area contributed by atoms with Crippen molar-refractivity contribution in [2.75, 3.05) is 26.0 Å². The van der Waals surface area contributed by atoms with Gasteiger partial charge in [-0.1, -0.05) is 13.8 Å². The fourth-order valence-corrected chi connectivity index (χ4v) is 2.20. The Morgan fingerprint density at radius 1 is 1.45 bits per heavy atom. The van der Waals surface area contributed by atoms with Gasteiger partial charge in [-0.2, -0.15) is 5.26 Å². The molecule has 1 aromatic rings. The van der Waals surface area contributed by atoms with Gasteiger partial charge in [0.1, 0.15) is 11.9 Å². The zero-order valence-electron chi connectivity index (χ0n) is 13.7. The lowest BCUT2D eigenvalue weighted by molar-refractivity contribution is 0.183. The SMILES string of the molecule is C[C@H](NC(=O)Nc1ccc(F)c(C#N)c1)C(C)(C)CN(C)C. The quantitative estimate of drug-likeness (QED) is 0.879. The molecule has 0 heterocycles. The molecule has 0 aliphatic rings. The van der Waals surface area contributed by atoms with Crippen molar-refractivity contribution in [1.29, 1.82) is 5.26 Å². The third-order valence-electron chi connectivity index (χ3n) is 3.59. The Hall–Kier alpha value is -2.13. The summed E-state index contributed by atoms with van der Waals surface area (Å²) in [4.78, 5) is 14.1. The second-order valence-electron chi connectivity index (χ2n) is 6.35. The fourth-order valence-electron chi connectivity index (χ4n) is 2.20. The van der Waals surface area contributed by atoms with E-state index in [-0.39, 0.29) is 23.1 Å². The Morgan fingerprint density at radius 3 is 2.64 bits per heavy atom. The van der Waals surface area contributed by atoms with Crippen LogP contribution in [0.5, 0.6) is 0 Å². The summed E-state index contributed by atoms with van der Waals surface area (Å²) in [6, 6.07) is 5.19. The Bertz CT molecular complexity index is 578. The summed E-state index contributed by atoms with van der Waals surface area (Å²) in [7, 11) is 3.97. The van der Waals surface area contributed by atoms with Gasteiger partial charge in [0.05, 0.1) is 5.56 Å².